The third-order valence-electron chi connectivity index (χ3n) is 2.89. The lowest BCUT2D eigenvalue weighted by molar-refractivity contribution is 0.340. The number of nitrogens with zero attached hydrogens (tertiary/aromatic N) is 1. The molecule has 0 bridgehead atoms. The quantitative estimate of drug-likeness (QED) is 0.593. The lowest BCUT2D eigenvalue weighted by Crippen LogP contribution is -2.23. The van der Waals surface area contributed by atoms with E-state index in [-0.39, 0.29) is 0 Å². The van der Waals surface area contributed by atoms with Gasteiger partial charge in [-0.25, -0.2) is 0 Å². The van der Waals surface area contributed by atoms with Crippen LogP contribution in [-0.4, -0.2) is 30.3 Å². The fraction of sp³-hybridized carbons (Fsp3) is 1.00. The second-order valence-electron chi connectivity index (χ2n) is 3.75. The lowest BCUT2D eigenvalue weighted by atomic mass is 10.1. The summed E-state index contributed by atoms with van der Waals surface area (Å²) in [7, 11) is 0. The minimum atomic E-state index is 0.808. The first-order valence-corrected chi connectivity index (χ1v) is 4.81. The Balaban J connectivity index is 1.82. The van der Waals surface area contributed by atoms with Crippen molar-refractivity contribution in [2.45, 2.75) is 19.3 Å². The van der Waals surface area contributed by atoms with Crippen molar-refractivity contribution in [3.8, 4) is 0 Å². The van der Waals surface area contributed by atoms with Crippen molar-refractivity contribution in [3.63, 3.8) is 0 Å². The van der Waals surface area contributed by atoms with Gasteiger partial charge in [0, 0.05) is 18.8 Å². The average Bonchev–Trinajstić information content (AvgIpc) is 2.52. The maximum atomic E-state index is 4.23. The first kappa shape index (κ1) is 6.99. The summed E-state index contributed by atoms with van der Waals surface area (Å²) in [6, 6.07) is 0. The van der Waals surface area contributed by atoms with E-state index >= 15 is 0 Å². The van der Waals surface area contributed by atoms with E-state index in [4.69, 9.17) is 0 Å². The van der Waals surface area contributed by atoms with Gasteiger partial charge in [0.2, 0.25) is 0 Å². The van der Waals surface area contributed by atoms with E-state index in [0.29, 0.717) is 0 Å². The van der Waals surface area contributed by atoms with Crippen LogP contribution in [0, 0.1) is 5.41 Å². The van der Waals surface area contributed by atoms with Gasteiger partial charge in [0.1, 0.15) is 0 Å². The number of hydrogen-bond acceptors (Lipinski definition) is 2. The first-order chi connectivity index (χ1) is 4.85. The molecule has 1 aliphatic carbocycles. The van der Waals surface area contributed by atoms with Crippen LogP contribution in [0.1, 0.15) is 19.3 Å². The number of likely N-dealkylation sites (tertiary alicyclic amines) is 1. The Morgan fingerprint density at radius 2 is 2.10 bits per heavy atom. The third kappa shape index (κ3) is 1.19. The predicted octanol–water partition coefficient (Wildman–Crippen LogP) is 1.40. The van der Waals surface area contributed by atoms with Gasteiger partial charge in [0.05, 0.1) is 0 Å². The van der Waals surface area contributed by atoms with Crippen molar-refractivity contribution >= 4 is 12.6 Å². The molecule has 1 nitrogen and oxygen atoms in total. The van der Waals surface area contributed by atoms with Gasteiger partial charge in [-0.15, -0.1) is 0 Å². The van der Waals surface area contributed by atoms with Crippen molar-refractivity contribution in [1.29, 1.82) is 0 Å². The van der Waals surface area contributed by atoms with E-state index in [9.17, 15) is 0 Å². The van der Waals surface area contributed by atoms with Gasteiger partial charge in [-0.2, -0.15) is 12.6 Å². The molecule has 0 amide bonds. The van der Waals surface area contributed by atoms with E-state index < -0.39 is 0 Å². The standard InChI is InChI=1S/C8H15NS/c10-6-5-9-4-3-8(7-9)1-2-8/h10H,1-7H2. The van der Waals surface area contributed by atoms with Crippen LogP contribution in [0.2, 0.25) is 0 Å². The highest BCUT2D eigenvalue weighted by molar-refractivity contribution is 7.80. The summed E-state index contributed by atoms with van der Waals surface area (Å²) in [4.78, 5) is 2.56. The minimum Gasteiger partial charge on any atom is -0.302 e. The maximum Gasteiger partial charge on any atom is 0.00701 e. The van der Waals surface area contributed by atoms with Crippen molar-refractivity contribution in [3.05, 3.63) is 0 Å². The van der Waals surface area contributed by atoms with Gasteiger partial charge in [0.15, 0.2) is 0 Å². The van der Waals surface area contributed by atoms with Crippen LogP contribution in [0.15, 0.2) is 0 Å². The van der Waals surface area contributed by atoms with Crippen molar-refractivity contribution in [2.24, 2.45) is 5.41 Å². The largest absolute Gasteiger partial charge is 0.302 e. The van der Waals surface area contributed by atoms with Gasteiger partial charge in [-0.3, -0.25) is 0 Å². The topological polar surface area (TPSA) is 3.24 Å². The molecular weight excluding hydrogens is 142 g/mol. The molecule has 58 valence electrons. The molecule has 0 atom stereocenters. The first-order valence-electron chi connectivity index (χ1n) is 4.18. The molecule has 1 spiro atoms. The Hall–Kier alpha value is 0.310. The molecule has 2 heteroatoms. The molecule has 2 fully saturated rings. The molecule has 0 aromatic rings. The molecule has 10 heavy (non-hydrogen) atoms. The molecule has 0 radical (unpaired) electrons. The second kappa shape index (κ2) is 2.42. The SMILES string of the molecule is SCCN1CCC2(CC2)C1. The summed E-state index contributed by atoms with van der Waals surface area (Å²) in [6.45, 7) is 3.90. The Morgan fingerprint density at radius 3 is 2.60 bits per heavy atom. The van der Waals surface area contributed by atoms with E-state index in [2.05, 4.69) is 17.5 Å². The highest BCUT2D eigenvalue weighted by Gasteiger charge is 2.47. The molecular formula is C8H15NS. The molecule has 1 aliphatic heterocycles. The van der Waals surface area contributed by atoms with Crippen molar-refractivity contribution in [2.75, 3.05) is 25.4 Å². The minimum absolute atomic E-state index is 0.808. The van der Waals surface area contributed by atoms with Crippen LogP contribution in [0.4, 0.5) is 0 Å². The molecule has 0 unspecified atom stereocenters. The molecule has 0 N–H and O–H groups in total. The van der Waals surface area contributed by atoms with Crippen LogP contribution in [0.25, 0.3) is 0 Å². The zero-order valence-corrected chi connectivity index (χ0v) is 7.24. The van der Waals surface area contributed by atoms with Crippen LogP contribution < -0.4 is 0 Å². The molecule has 1 heterocycles. The van der Waals surface area contributed by atoms with Crippen LogP contribution >= 0.6 is 12.6 Å². The van der Waals surface area contributed by atoms with E-state index in [1.165, 1.54) is 38.9 Å². The zero-order valence-electron chi connectivity index (χ0n) is 6.34. The zero-order chi connectivity index (χ0) is 7.03. The number of thiol groups is 1. The predicted molar refractivity (Wildman–Crippen MR) is 46.6 cm³/mol. The summed E-state index contributed by atoms with van der Waals surface area (Å²) in [5, 5.41) is 0. The third-order valence-corrected chi connectivity index (χ3v) is 3.09. The number of rotatable bonds is 2. The van der Waals surface area contributed by atoms with Gasteiger partial charge >= 0.3 is 0 Å². The smallest absolute Gasteiger partial charge is 0.00701 e. The summed E-state index contributed by atoms with van der Waals surface area (Å²) >= 11 is 4.23. The molecule has 0 aromatic heterocycles. The molecule has 1 saturated heterocycles. The average molecular weight is 157 g/mol. The summed E-state index contributed by atoms with van der Waals surface area (Å²) in [6.07, 6.45) is 4.45. The summed E-state index contributed by atoms with van der Waals surface area (Å²) in [5.74, 6) is 1.02. The summed E-state index contributed by atoms with van der Waals surface area (Å²) < 4.78 is 0. The summed E-state index contributed by atoms with van der Waals surface area (Å²) in [5.41, 5.74) is 0.808. The number of hydrogen-bond donors (Lipinski definition) is 1. The normalized spacial score (nSPS) is 29.7. The van der Waals surface area contributed by atoms with Gasteiger partial charge < -0.3 is 4.90 Å². The Morgan fingerprint density at radius 1 is 1.30 bits per heavy atom. The van der Waals surface area contributed by atoms with E-state index in [1.807, 2.05) is 0 Å². The monoisotopic (exact) mass is 157 g/mol. The van der Waals surface area contributed by atoms with Crippen molar-refractivity contribution in [1.82, 2.24) is 4.90 Å². The lowest BCUT2D eigenvalue weighted by Gasteiger charge is -2.12. The molecule has 0 aromatic carbocycles. The highest BCUT2D eigenvalue weighted by atomic mass is 32.1. The highest BCUT2D eigenvalue weighted by Crippen LogP contribution is 2.52. The molecule has 1 saturated carbocycles. The fourth-order valence-electron chi connectivity index (χ4n) is 1.94. The van der Waals surface area contributed by atoms with Gasteiger partial charge in [-0.1, -0.05) is 0 Å². The molecule has 2 rings (SSSR count). The van der Waals surface area contributed by atoms with E-state index in [0.717, 1.165) is 11.2 Å². The maximum absolute atomic E-state index is 4.23. The van der Waals surface area contributed by atoms with Crippen LogP contribution in [0.5, 0.6) is 0 Å². The van der Waals surface area contributed by atoms with Crippen LogP contribution in [-0.2, 0) is 0 Å². The molecule has 2 aliphatic rings. The Labute approximate surface area is 68.2 Å². The Bertz CT molecular complexity index is 131. The fourth-order valence-corrected chi connectivity index (χ4v) is 2.23. The second-order valence-corrected chi connectivity index (χ2v) is 4.20. The van der Waals surface area contributed by atoms with Crippen LogP contribution in [0.3, 0.4) is 0 Å². The Kier molecular flexibility index (Phi) is 1.69. The van der Waals surface area contributed by atoms with E-state index in [1.54, 1.807) is 0 Å². The van der Waals surface area contributed by atoms with Gasteiger partial charge in [0.25, 0.3) is 0 Å². The van der Waals surface area contributed by atoms with Crippen molar-refractivity contribution < 1.29 is 0 Å². The van der Waals surface area contributed by atoms with Gasteiger partial charge in [-0.05, 0) is 31.2 Å².